The average molecular weight is 654 g/mol. The third-order valence-electron chi connectivity index (χ3n) is 8.56. The van der Waals surface area contributed by atoms with Crippen LogP contribution in [0.4, 0.5) is 8.78 Å². The average Bonchev–Trinajstić information content (AvgIpc) is 3.71. The van der Waals surface area contributed by atoms with E-state index < -0.39 is 33.5 Å². The van der Waals surface area contributed by atoms with Crippen molar-refractivity contribution < 1.29 is 26.7 Å². The summed E-state index contributed by atoms with van der Waals surface area (Å²) in [6, 6.07) is 19.3. The van der Waals surface area contributed by atoms with Gasteiger partial charge in [0, 0.05) is 29.7 Å². The number of sulfonamides is 1. The number of hydrogen-bond acceptors (Lipinski definition) is 5. The Bertz CT molecular complexity index is 1800. The second-order valence-electron chi connectivity index (χ2n) is 11.8. The Labute approximate surface area is 266 Å². The van der Waals surface area contributed by atoms with Crippen LogP contribution in [-0.4, -0.2) is 50.5 Å². The number of likely N-dealkylation sites (tertiary alicyclic amines) is 1. The summed E-state index contributed by atoms with van der Waals surface area (Å²) in [4.78, 5) is 14.5. The number of ether oxygens (including phenoxy) is 1. The highest BCUT2D eigenvalue weighted by Gasteiger charge is 2.50. The van der Waals surface area contributed by atoms with Crippen molar-refractivity contribution in [3.63, 3.8) is 0 Å². The van der Waals surface area contributed by atoms with Crippen LogP contribution in [0.2, 0.25) is 5.02 Å². The number of benzene rings is 4. The van der Waals surface area contributed by atoms with E-state index in [2.05, 4.69) is 4.72 Å². The first-order valence-electron chi connectivity index (χ1n) is 15.0. The Kier molecular flexibility index (Phi) is 8.85. The molecule has 45 heavy (non-hydrogen) atoms. The molecule has 2 fully saturated rings. The number of amides is 1. The highest BCUT2D eigenvalue weighted by molar-refractivity contribution is 7.89. The fourth-order valence-corrected chi connectivity index (χ4v) is 7.36. The Morgan fingerprint density at radius 2 is 1.53 bits per heavy atom. The summed E-state index contributed by atoms with van der Waals surface area (Å²) in [6.45, 7) is 0.217. The Balaban J connectivity index is 1.29. The monoisotopic (exact) mass is 653 g/mol. The smallest absolute Gasteiger partial charge is 0.298 e. The summed E-state index contributed by atoms with van der Waals surface area (Å²) in [5.41, 5.74) is 6.88. The maximum atomic E-state index is 16.3. The molecule has 0 unspecified atom stereocenters. The van der Waals surface area contributed by atoms with Gasteiger partial charge in [0.25, 0.3) is 5.92 Å². The zero-order valence-electron chi connectivity index (χ0n) is 24.5. The summed E-state index contributed by atoms with van der Waals surface area (Å²) in [6.07, 6.45) is 4.87. The van der Waals surface area contributed by atoms with E-state index in [0.29, 0.717) is 28.1 Å². The molecular weight excluding hydrogens is 620 g/mol. The number of alkyl halides is 2. The molecule has 0 bridgehead atoms. The van der Waals surface area contributed by atoms with Gasteiger partial charge in [-0.2, -0.15) is 13.5 Å². The summed E-state index contributed by atoms with van der Waals surface area (Å²) in [5.74, 6) is -4.23. The van der Waals surface area contributed by atoms with Crippen molar-refractivity contribution >= 4 is 38.3 Å². The van der Waals surface area contributed by atoms with E-state index in [-0.39, 0.29) is 30.1 Å². The van der Waals surface area contributed by atoms with Crippen molar-refractivity contribution in [2.45, 2.75) is 61.1 Å². The minimum absolute atomic E-state index is 0.0594. The van der Waals surface area contributed by atoms with E-state index in [9.17, 15) is 13.2 Å². The number of nitrogens with one attached hydrogen (secondary N) is 1. The van der Waals surface area contributed by atoms with Crippen molar-refractivity contribution in [3.8, 4) is 16.9 Å². The van der Waals surface area contributed by atoms with Crippen LogP contribution >= 0.6 is 11.6 Å². The maximum Gasteiger partial charge on any atom is 0.298 e. The maximum absolute atomic E-state index is 16.3. The minimum Gasteiger partial charge on any atom is -0.490 e. The first kappa shape index (κ1) is 31.4. The van der Waals surface area contributed by atoms with Gasteiger partial charge in [-0.15, -0.1) is 0 Å². The van der Waals surface area contributed by atoms with Gasteiger partial charge >= 0.3 is 0 Å². The van der Waals surface area contributed by atoms with Crippen LogP contribution in [0.15, 0.2) is 89.8 Å². The molecule has 6 rings (SSSR count). The van der Waals surface area contributed by atoms with Crippen molar-refractivity contribution in [3.05, 3.63) is 95.5 Å². The molecule has 1 aliphatic heterocycles. The van der Waals surface area contributed by atoms with E-state index in [1.54, 1.807) is 42.5 Å². The van der Waals surface area contributed by atoms with Crippen molar-refractivity contribution in [2.75, 3.05) is 13.1 Å². The van der Waals surface area contributed by atoms with Gasteiger partial charge in [-0.05, 0) is 90.4 Å². The van der Waals surface area contributed by atoms with E-state index >= 15 is 8.78 Å². The zero-order chi connectivity index (χ0) is 31.8. The molecule has 0 radical (unpaired) electrons. The largest absolute Gasteiger partial charge is 0.490 e. The molecule has 1 amide bonds. The molecule has 7 nitrogen and oxygen atoms in total. The number of carbonyl (C=O) groups is 1. The molecule has 1 aliphatic carbocycles. The molecule has 236 valence electrons. The fraction of sp³-hybridized carbons (Fsp3) is 0.324. The van der Waals surface area contributed by atoms with Crippen molar-refractivity contribution in [1.29, 1.82) is 0 Å². The van der Waals surface area contributed by atoms with Crippen LogP contribution in [0.25, 0.3) is 21.9 Å². The topological polar surface area (TPSA) is 102 Å². The molecule has 1 saturated heterocycles. The summed E-state index contributed by atoms with van der Waals surface area (Å²) in [5, 5.41) is 1.88. The summed E-state index contributed by atoms with van der Waals surface area (Å²) < 4.78 is 68.0. The second-order valence-corrected chi connectivity index (χ2v) is 13.9. The number of rotatable bonds is 9. The minimum atomic E-state index is -4.57. The highest BCUT2D eigenvalue weighted by atomic mass is 35.5. The number of hydrogen-bond donors (Lipinski definition) is 2. The zero-order valence-corrected chi connectivity index (χ0v) is 26.0. The van der Waals surface area contributed by atoms with Gasteiger partial charge in [-0.25, -0.2) is 8.42 Å². The predicted octanol–water partition coefficient (Wildman–Crippen LogP) is 6.48. The number of carbonyl (C=O) groups excluding carboxylic acids is 1. The van der Waals surface area contributed by atoms with E-state index in [0.717, 1.165) is 36.6 Å². The molecule has 4 aromatic rings. The van der Waals surface area contributed by atoms with Crippen LogP contribution in [0.1, 0.15) is 37.7 Å². The van der Waals surface area contributed by atoms with Crippen molar-refractivity contribution in [1.82, 2.24) is 9.62 Å². The Hall–Kier alpha value is -3.57. The van der Waals surface area contributed by atoms with Crippen LogP contribution in [0.3, 0.4) is 0 Å². The molecule has 0 aromatic heterocycles. The normalized spacial score (nSPS) is 18.4. The van der Waals surface area contributed by atoms with Gasteiger partial charge in [-0.3, -0.25) is 4.79 Å². The quantitative estimate of drug-likeness (QED) is 0.215. The van der Waals surface area contributed by atoms with E-state index in [1.807, 2.05) is 6.07 Å². The van der Waals surface area contributed by atoms with Gasteiger partial charge in [0.15, 0.2) is 6.04 Å². The molecule has 3 N–H and O–H groups in total. The van der Waals surface area contributed by atoms with Crippen molar-refractivity contribution in [2.24, 2.45) is 5.73 Å². The molecular formula is C34H34ClF2N3O4S. The molecule has 4 aromatic carbocycles. The van der Waals surface area contributed by atoms with Gasteiger partial charge in [0.2, 0.25) is 15.9 Å². The first-order chi connectivity index (χ1) is 21.5. The highest BCUT2D eigenvalue weighted by Crippen LogP contribution is 2.36. The van der Waals surface area contributed by atoms with Gasteiger partial charge < -0.3 is 15.4 Å². The molecule has 1 saturated carbocycles. The summed E-state index contributed by atoms with van der Waals surface area (Å²) >= 11 is 5.97. The molecule has 2 atom stereocenters. The standard InChI is InChI=1S/C34H34ClF2N3O4S/c35-27-13-7-23(8-14-27)22-5-11-26(12-6-22)34(36,37)32(33(41)40-18-17-28(38)21-40)39-45(42,43)31-16-10-24-19-30(15-9-25(24)20-31)44-29-3-1-2-4-29/h5-16,19-20,28-29,32,39H,1-4,17-18,21,38H2/t28-,32+/m0/s1. The van der Waals surface area contributed by atoms with Crippen LogP contribution in [-0.2, 0) is 20.7 Å². The van der Waals surface area contributed by atoms with Crippen LogP contribution < -0.4 is 15.2 Å². The van der Waals surface area contributed by atoms with Gasteiger partial charge in [-0.1, -0.05) is 60.1 Å². The lowest BCUT2D eigenvalue weighted by Crippen LogP contribution is -2.56. The number of nitrogens with zero attached hydrogens (tertiary/aromatic N) is 1. The number of fused-ring (bicyclic) bond motifs is 1. The lowest BCUT2D eigenvalue weighted by molar-refractivity contribution is -0.143. The lowest BCUT2D eigenvalue weighted by Gasteiger charge is -2.30. The van der Waals surface area contributed by atoms with Crippen LogP contribution in [0, 0.1) is 0 Å². The molecule has 1 heterocycles. The SMILES string of the molecule is N[C@H]1CCN(C(=O)[C@@H](NS(=O)(=O)c2ccc3cc(OC4CCCC4)ccc3c2)C(F)(F)c2ccc(-c3ccc(Cl)cc3)cc2)C1. The Morgan fingerprint density at radius 3 is 2.18 bits per heavy atom. The van der Waals surface area contributed by atoms with Gasteiger partial charge in [0.05, 0.1) is 11.0 Å². The van der Waals surface area contributed by atoms with Crippen LogP contribution in [0.5, 0.6) is 5.75 Å². The summed E-state index contributed by atoms with van der Waals surface area (Å²) in [7, 11) is -4.57. The molecule has 2 aliphatic rings. The third kappa shape index (κ3) is 6.84. The van der Waals surface area contributed by atoms with E-state index in [1.165, 1.54) is 41.3 Å². The molecule has 0 spiro atoms. The Morgan fingerprint density at radius 1 is 0.911 bits per heavy atom. The van der Waals surface area contributed by atoms with E-state index in [4.69, 9.17) is 22.1 Å². The predicted molar refractivity (Wildman–Crippen MR) is 171 cm³/mol. The second kappa shape index (κ2) is 12.7. The van der Waals surface area contributed by atoms with Gasteiger partial charge in [0.1, 0.15) is 5.75 Å². The first-order valence-corrected chi connectivity index (χ1v) is 16.9. The number of halogens is 3. The molecule has 11 heteroatoms. The lowest BCUT2D eigenvalue weighted by atomic mass is 9.97. The third-order valence-corrected chi connectivity index (χ3v) is 10.2. The fourth-order valence-electron chi connectivity index (χ4n) is 6.01. The number of nitrogens with two attached hydrogens (primary N) is 1.